The van der Waals surface area contributed by atoms with Crippen molar-refractivity contribution in [3.63, 3.8) is 0 Å². The SMILES string of the molecule is O=C(Nc1ccccc1C(=O)Nc1nnc(-c2ccccc2)o1)c1cccc(Cl)c1. The Morgan fingerprint density at radius 3 is 2.37 bits per heavy atom. The third-order valence-corrected chi connectivity index (χ3v) is 4.41. The molecule has 1 heterocycles. The van der Waals surface area contributed by atoms with Gasteiger partial charge in [-0.05, 0) is 42.5 Å². The Labute approximate surface area is 176 Å². The first-order valence-corrected chi connectivity index (χ1v) is 9.34. The van der Waals surface area contributed by atoms with Gasteiger partial charge in [0, 0.05) is 16.1 Å². The number of anilines is 2. The smallest absolute Gasteiger partial charge is 0.322 e. The molecule has 0 saturated carbocycles. The molecule has 148 valence electrons. The first-order valence-electron chi connectivity index (χ1n) is 8.96. The van der Waals surface area contributed by atoms with Crippen LogP contribution in [-0.2, 0) is 0 Å². The van der Waals surface area contributed by atoms with Gasteiger partial charge >= 0.3 is 6.01 Å². The van der Waals surface area contributed by atoms with E-state index in [4.69, 9.17) is 16.0 Å². The summed E-state index contributed by atoms with van der Waals surface area (Å²) in [6.45, 7) is 0. The lowest BCUT2D eigenvalue weighted by atomic mass is 10.1. The molecule has 0 atom stereocenters. The van der Waals surface area contributed by atoms with Crippen molar-refractivity contribution in [1.29, 1.82) is 0 Å². The minimum atomic E-state index is -0.500. The highest BCUT2D eigenvalue weighted by molar-refractivity contribution is 6.31. The predicted molar refractivity (Wildman–Crippen MR) is 114 cm³/mol. The third kappa shape index (κ3) is 4.37. The van der Waals surface area contributed by atoms with Crippen molar-refractivity contribution in [1.82, 2.24) is 10.2 Å². The van der Waals surface area contributed by atoms with Crippen LogP contribution in [0.25, 0.3) is 11.5 Å². The van der Waals surface area contributed by atoms with Gasteiger partial charge in [-0.1, -0.05) is 53.1 Å². The van der Waals surface area contributed by atoms with Gasteiger partial charge < -0.3 is 9.73 Å². The van der Waals surface area contributed by atoms with Crippen LogP contribution in [0, 0.1) is 0 Å². The van der Waals surface area contributed by atoms with Gasteiger partial charge in [-0.25, -0.2) is 0 Å². The molecule has 4 rings (SSSR count). The summed E-state index contributed by atoms with van der Waals surface area (Å²) in [5.74, 6) is -0.601. The lowest BCUT2D eigenvalue weighted by Gasteiger charge is -2.10. The van der Waals surface area contributed by atoms with E-state index in [-0.39, 0.29) is 23.4 Å². The second-order valence-corrected chi connectivity index (χ2v) is 6.68. The van der Waals surface area contributed by atoms with Crippen molar-refractivity contribution >= 4 is 35.1 Å². The second-order valence-electron chi connectivity index (χ2n) is 6.24. The normalized spacial score (nSPS) is 10.4. The summed E-state index contributed by atoms with van der Waals surface area (Å²) in [6, 6.07) is 22.3. The minimum absolute atomic E-state index is 0.0465. The van der Waals surface area contributed by atoms with E-state index in [9.17, 15) is 9.59 Å². The summed E-state index contributed by atoms with van der Waals surface area (Å²) >= 11 is 5.94. The maximum atomic E-state index is 12.7. The second kappa shape index (κ2) is 8.59. The molecule has 0 fully saturated rings. The van der Waals surface area contributed by atoms with Crippen molar-refractivity contribution < 1.29 is 14.0 Å². The molecule has 0 unspecified atom stereocenters. The van der Waals surface area contributed by atoms with Gasteiger partial charge in [0.1, 0.15) is 0 Å². The molecule has 0 aliphatic heterocycles. The fraction of sp³-hybridized carbons (Fsp3) is 0. The lowest BCUT2D eigenvalue weighted by molar-refractivity contribution is 0.102. The van der Waals surface area contributed by atoms with Gasteiger partial charge in [-0.2, -0.15) is 0 Å². The number of nitrogens with zero attached hydrogens (tertiary/aromatic N) is 2. The van der Waals surface area contributed by atoms with Crippen LogP contribution in [0.3, 0.4) is 0 Å². The Bertz CT molecular complexity index is 1210. The van der Waals surface area contributed by atoms with Gasteiger partial charge in [0.15, 0.2) is 0 Å². The number of hydrogen-bond acceptors (Lipinski definition) is 5. The molecular weight excluding hydrogens is 404 g/mol. The number of carbonyl (C=O) groups excluding carboxylic acids is 2. The maximum absolute atomic E-state index is 12.7. The molecule has 30 heavy (non-hydrogen) atoms. The Morgan fingerprint density at radius 1 is 0.800 bits per heavy atom. The lowest BCUT2D eigenvalue weighted by Crippen LogP contribution is -2.18. The Morgan fingerprint density at radius 2 is 1.57 bits per heavy atom. The largest absolute Gasteiger partial charge is 0.403 e. The van der Waals surface area contributed by atoms with Crippen LogP contribution >= 0.6 is 11.6 Å². The predicted octanol–water partition coefficient (Wildman–Crippen LogP) is 4.89. The number of aromatic nitrogens is 2. The Hall–Kier alpha value is -3.97. The highest BCUT2D eigenvalue weighted by atomic mass is 35.5. The van der Waals surface area contributed by atoms with Gasteiger partial charge in [0.05, 0.1) is 11.3 Å². The fourth-order valence-corrected chi connectivity index (χ4v) is 2.94. The van der Waals surface area contributed by atoms with Gasteiger partial charge in [-0.3, -0.25) is 14.9 Å². The summed E-state index contributed by atoms with van der Waals surface area (Å²) in [6.07, 6.45) is 0. The first-order chi connectivity index (χ1) is 14.6. The quantitative estimate of drug-likeness (QED) is 0.480. The van der Waals surface area contributed by atoms with Crippen LogP contribution in [0.15, 0.2) is 83.3 Å². The molecule has 2 amide bonds. The molecule has 0 aliphatic carbocycles. The number of hydrogen-bond donors (Lipinski definition) is 2. The van der Waals surface area contributed by atoms with Crippen LogP contribution in [0.5, 0.6) is 0 Å². The zero-order chi connectivity index (χ0) is 20.9. The summed E-state index contributed by atoms with van der Waals surface area (Å²) in [7, 11) is 0. The zero-order valence-electron chi connectivity index (χ0n) is 15.5. The molecule has 0 aliphatic rings. The van der Waals surface area contributed by atoms with Crippen molar-refractivity contribution in [2.24, 2.45) is 0 Å². The summed E-state index contributed by atoms with van der Waals surface area (Å²) in [5.41, 5.74) is 1.69. The Kier molecular flexibility index (Phi) is 5.54. The Balaban J connectivity index is 1.51. The van der Waals surface area contributed by atoms with E-state index >= 15 is 0 Å². The van der Waals surface area contributed by atoms with Gasteiger partial charge in [0.2, 0.25) is 5.89 Å². The first kappa shape index (κ1) is 19.4. The molecule has 4 aromatic rings. The van der Waals surface area contributed by atoms with Crippen LogP contribution in [0.1, 0.15) is 20.7 Å². The molecule has 0 spiro atoms. The highest BCUT2D eigenvalue weighted by Crippen LogP contribution is 2.22. The topological polar surface area (TPSA) is 97.1 Å². The van der Waals surface area contributed by atoms with Crippen LogP contribution < -0.4 is 10.6 Å². The molecule has 1 aromatic heterocycles. The third-order valence-electron chi connectivity index (χ3n) is 4.17. The molecule has 0 bridgehead atoms. The molecule has 2 N–H and O–H groups in total. The fourth-order valence-electron chi connectivity index (χ4n) is 2.75. The van der Waals surface area contributed by atoms with Crippen molar-refractivity contribution in [2.45, 2.75) is 0 Å². The summed E-state index contributed by atoms with van der Waals surface area (Å²) < 4.78 is 5.51. The molecule has 7 nitrogen and oxygen atoms in total. The number of carbonyl (C=O) groups is 2. The number of benzene rings is 3. The number of para-hydroxylation sites is 1. The number of halogens is 1. The van der Waals surface area contributed by atoms with Crippen molar-refractivity contribution in [2.75, 3.05) is 10.6 Å². The van der Waals surface area contributed by atoms with Crippen LogP contribution in [0.4, 0.5) is 11.7 Å². The van der Waals surface area contributed by atoms with E-state index in [2.05, 4.69) is 20.8 Å². The number of rotatable bonds is 5. The highest BCUT2D eigenvalue weighted by Gasteiger charge is 2.17. The standard InChI is InChI=1S/C22H15ClN4O3/c23-16-10-6-9-15(13-16)19(28)24-18-12-5-4-11-17(18)20(29)25-22-27-26-21(30-22)14-7-2-1-3-8-14/h1-13H,(H,24,28)(H,25,27,29). The van der Waals surface area contributed by atoms with Crippen LogP contribution in [-0.4, -0.2) is 22.0 Å². The van der Waals surface area contributed by atoms with Gasteiger partial charge in [0.25, 0.3) is 11.8 Å². The zero-order valence-corrected chi connectivity index (χ0v) is 16.3. The summed E-state index contributed by atoms with van der Waals surface area (Å²) in [5, 5.41) is 13.5. The van der Waals surface area contributed by atoms with E-state index in [1.165, 1.54) is 0 Å². The number of nitrogens with one attached hydrogen (secondary N) is 2. The molecule has 0 radical (unpaired) electrons. The van der Waals surface area contributed by atoms with E-state index in [0.29, 0.717) is 16.3 Å². The average molecular weight is 419 g/mol. The molecule has 8 heteroatoms. The van der Waals surface area contributed by atoms with E-state index in [1.54, 1.807) is 48.5 Å². The monoisotopic (exact) mass is 418 g/mol. The maximum Gasteiger partial charge on any atom is 0.322 e. The number of amides is 2. The van der Waals surface area contributed by atoms with E-state index in [0.717, 1.165) is 5.56 Å². The minimum Gasteiger partial charge on any atom is -0.403 e. The average Bonchev–Trinajstić information content (AvgIpc) is 3.23. The van der Waals surface area contributed by atoms with Crippen molar-refractivity contribution in [3.05, 3.63) is 95.0 Å². The van der Waals surface area contributed by atoms with Gasteiger partial charge in [-0.15, -0.1) is 5.10 Å². The van der Waals surface area contributed by atoms with E-state index < -0.39 is 5.91 Å². The summed E-state index contributed by atoms with van der Waals surface area (Å²) in [4.78, 5) is 25.3. The van der Waals surface area contributed by atoms with E-state index in [1.807, 2.05) is 30.3 Å². The molecule has 0 saturated heterocycles. The van der Waals surface area contributed by atoms with Crippen LogP contribution in [0.2, 0.25) is 5.02 Å². The molecule has 3 aromatic carbocycles. The van der Waals surface area contributed by atoms with Crippen molar-refractivity contribution in [3.8, 4) is 11.5 Å². The molecular formula is C22H15ClN4O3.